The number of hydrogen-bond acceptors (Lipinski definition) is 8. The number of carbonyl (C=O) groups excluding carboxylic acids is 5. The first-order valence-corrected chi connectivity index (χ1v) is 17.3. The van der Waals surface area contributed by atoms with Crippen LogP contribution in [0.1, 0.15) is 88.9 Å². The van der Waals surface area contributed by atoms with E-state index in [-0.39, 0.29) is 24.7 Å². The van der Waals surface area contributed by atoms with Crippen LogP contribution in [0.3, 0.4) is 0 Å². The van der Waals surface area contributed by atoms with Crippen LogP contribution in [0.5, 0.6) is 0 Å². The van der Waals surface area contributed by atoms with Crippen LogP contribution in [0.15, 0.2) is 42.5 Å². The molecule has 4 fully saturated rings. The maximum atomic E-state index is 13.3. The fourth-order valence-corrected chi connectivity index (χ4v) is 8.14. The first-order valence-electron chi connectivity index (χ1n) is 17.3. The van der Waals surface area contributed by atoms with Crippen molar-refractivity contribution in [2.24, 2.45) is 0 Å². The van der Waals surface area contributed by atoms with Gasteiger partial charge in [-0.05, 0) is 74.6 Å². The zero-order valence-corrected chi connectivity index (χ0v) is 27.2. The first kappa shape index (κ1) is 31.4. The highest BCUT2D eigenvalue weighted by Crippen LogP contribution is 2.32. The predicted octanol–water partition coefficient (Wildman–Crippen LogP) is 3.28. The number of hydrogen-bond donors (Lipinski definition) is 1. The molecule has 4 heterocycles. The fourth-order valence-electron chi connectivity index (χ4n) is 8.14. The number of imide groups is 2. The summed E-state index contributed by atoms with van der Waals surface area (Å²) in [6.45, 7) is 4.78. The van der Waals surface area contributed by atoms with Crippen LogP contribution in [-0.2, 0) is 9.59 Å². The third-order valence-electron chi connectivity index (χ3n) is 11.0. The summed E-state index contributed by atoms with van der Waals surface area (Å²) >= 11 is 0. The number of benzene rings is 2. The number of carbonyl (C=O) groups is 5. The van der Waals surface area contributed by atoms with E-state index in [9.17, 15) is 24.0 Å². The van der Waals surface area contributed by atoms with Gasteiger partial charge in [-0.2, -0.15) is 0 Å². The van der Waals surface area contributed by atoms with Crippen LogP contribution in [0.2, 0.25) is 0 Å². The molecule has 0 radical (unpaired) electrons. The molecular formula is C36H44N6O5. The zero-order chi connectivity index (χ0) is 32.7. The van der Waals surface area contributed by atoms with Gasteiger partial charge in [-0.3, -0.25) is 39.1 Å². The van der Waals surface area contributed by atoms with Gasteiger partial charge in [0.1, 0.15) is 6.04 Å². The average Bonchev–Trinajstić information content (AvgIpc) is 3.36. The minimum Gasteiger partial charge on any atom is -0.372 e. The number of fused-ring (bicyclic) bond motifs is 1. The second-order valence-electron chi connectivity index (χ2n) is 13.7. The number of amides is 5. The smallest absolute Gasteiger partial charge is 0.262 e. The van der Waals surface area contributed by atoms with Gasteiger partial charge in [-0.15, -0.1) is 0 Å². The van der Waals surface area contributed by atoms with Crippen molar-refractivity contribution in [1.82, 2.24) is 20.0 Å². The molecule has 1 aliphatic carbocycles. The van der Waals surface area contributed by atoms with Gasteiger partial charge < -0.3 is 14.7 Å². The number of nitrogens with zero attached hydrogens (tertiary/aromatic N) is 5. The van der Waals surface area contributed by atoms with Crippen molar-refractivity contribution in [3.63, 3.8) is 0 Å². The third-order valence-corrected chi connectivity index (χ3v) is 11.0. The van der Waals surface area contributed by atoms with E-state index in [1.54, 1.807) is 12.1 Å². The summed E-state index contributed by atoms with van der Waals surface area (Å²) in [4.78, 5) is 73.8. The Balaban J connectivity index is 0.903. The van der Waals surface area contributed by atoms with E-state index in [1.807, 2.05) is 23.1 Å². The molecule has 1 atom stereocenters. The lowest BCUT2D eigenvalue weighted by molar-refractivity contribution is -0.136. The Morgan fingerprint density at radius 2 is 1.45 bits per heavy atom. The summed E-state index contributed by atoms with van der Waals surface area (Å²) < 4.78 is 0. The van der Waals surface area contributed by atoms with Gasteiger partial charge in [-0.25, -0.2) is 0 Å². The monoisotopic (exact) mass is 640 g/mol. The van der Waals surface area contributed by atoms with E-state index in [1.165, 1.54) is 37.8 Å². The number of anilines is 2. The summed E-state index contributed by atoms with van der Waals surface area (Å²) in [5, 5.41) is 2.24. The number of piperazine rings is 1. The van der Waals surface area contributed by atoms with Crippen molar-refractivity contribution >= 4 is 40.9 Å². The number of nitrogens with one attached hydrogen (secondary N) is 1. The summed E-state index contributed by atoms with van der Waals surface area (Å²) in [6, 6.07) is 13.5. The van der Waals surface area contributed by atoms with E-state index in [0.717, 1.165) is 55.2 Å². The summed E-state index contributed by atoms with van der Waals surface area (Å²) in [7, 11) is 2.17. The van der Waals surface area contributed by atoms with E-state index in [0.29, 0.717) is 36.3 Å². The minimum absolute atomic E-state index is 0.0987. The van der Waals surface area contributed by atoms with Crippen molar-refractivity contribution < 1.29 is 24.0 Å². The Bertz CT molecular complexity index is 1550. The molecule has 5 amide bonds. The standard InChI is InChI=1S/C36H44N6O5/c1-38(25-5-3-2-4-6-25)26-9-7-24(8-10-26)34(45)41-21-19-40(20-22-41)27-15-17-39(18-16-27)28-11-12-29-30(23-28)36(47)42(35(29)46)31-13-14-32(43)37-33(31)44/h7-12,23,25,27,31H,2-6,13-22H2,1H3,(H,37,43,44). The van der Waals surface area contributed by atoms with Gasteiger partial charge in [0.15, 0.2) is 0 Å². The second-order valence-corrected chi connectivity index (χ2v) is 13.7. The Morgan fingerprint density at radius 3 is 2.13 bits per heavy atom. The molecule has 11 nitrogen and oxygen atoms in total. The number of piperidine rings is 2. The SMILES string of the molecule is CN(c1ccc(C(=O)N2CCN(C3CCN(c4ccc5c(c4)C(=O)N(C4CCC(=O)NC4=O)C5=O)CC3)CC2)cc1)C1CCCCC1. The number of rotatable bonds is 6. The first-order chi connectivity index (χ1) is 22.8. The molecule has 3 saturated heterocycles. The Kier molecular flexibility index (Phi) is 8.74. The van der Waals surface area contributed by atoms with Crippen molar-refractivity contribution in [2.45, 2.75) is 75.9 Å². The molecule has 7 rings (SSSR count). The largest absolute Gasteiger partial charge is 0.372 e. The van der Waals surface area contributed by atoms with Crippen molar-refractivity contribution in [2.75, 3.05) is 56.1 Å². The molecule has 2 aromatic carbocycles. The molecule has 1 N–H and O–H groups in total. The van der Waals surface area contributed by atoms with E-state index >= 15 is 0 Å². The second kappa shape index (κ2) is 13.1. The Labute approximate surface area is 275 Å². The van der Waals surface area contributed by atoms with E-state index in [4.69, 9.17) is 0 Å². The highest BCUT2D eigenvalue weighted by atomic mass is 16.2. The molecule has 1 saturated carbocycles. The van der Waals surface area contributed by atoms with Gasteiger partial charge in [0.05, 0.1) is 11.1 Å². The molecular weight excluding hydrogens is 596 g/mol. The predicted molar refractivity (Wildman–Crippen MR) is 178 cm³/mol. The molecule has 4 aliphatic heterocycles. The van der Waals surface area contributed by atoms with Gasteiger partial charge >= 0.3 is 0 Å². The molecule has 5 aliphatic rings. The molecule has 11 heteroatoms. The van der Waals surface area contributed by atoms with Crippen molar-refractivity contribution in [3.8, 4) is 0 Å². The topological polar surface area (TPSA) is 114 Å². The lowest BCUT2D eigenvalue weighted by atomic mass is 9.94. The fraction of sp³-hybridized carbons (Fsp3) is 0.528. The molecule has 0 aromatic heterocycles. The van der Waals surface area contributed by atoms with E-state index < -0.39 is 23.8 Å². The maximum Gasteiger partial charge on any atom is 0.262 e. The highest BCUT2D eigenvalue weighted by Gasteiger charge is 2.45. The van der Waals surface area contributed by atoms with Crippen LogP contribution >= 0.6 is 0 Å². The normalized spacial score (nSPS) is 23.3. The van der Waals surface area contributed by atoms with Crippen LogP contribution in [0, 0.1) is 0 Å². The molecule has 47 heavy (non-hydrogen) atoms. The summed E-state index contributed by atoms with van der Waals surface area (Å²) in [5.74, 6) is -1.85. The van der Waals surface area contributed by atoms with Gasteiger partial charge in [0.25, 0.3) is 17.7 Å². The van der Waals surface area contributed by atoms with Gasteiger partial charge in [0, 0.05) is 81.8 Å². The van der Waals surface area contributed by atoms with Crippen LogP contribution in [0.25, 0.3) is 0 Å². The zero-order valence-electron chi connectivity index (χ0n) is 27.2. The van der Waals surface area contributed by atoms with Crippen LogP contribution in [-0.4, -0.2) is 109 Å². The van der Waals surface area contributed by atoms with Crippen molar-refractivity contribution in [3.05, 3.63) is 59.2 Å². The van der Waals surface area contributed by atoms with Crippen molar-refractivity contribution in [1.29, 1.82) is 0 Å². The summed E-state index contributed by atoms with van der Waals surface area (Å²) in [5.41, 5.74) is 3.43. The minimum atomic E-state index is -0.964. The Hall–Kier alpha value is -4.25. The quantitative estimate of drug-likeness (QED) is 0.479. The highest BCUT2D eigenvalue weighted by molar-refractivity contribution is 6.23. The maximum absolute atomic E-state index is 13.3. The lowest BCUT2D eigenvalue weighted by Gasteiger charge is -2.43. The van der Waals surface area contributed by atoms with E-state index in [2.05, 4.69) is 39.2 Å². The van der Waals surface area contributed by atoms with Gasteiger partial charge in [-0.1, -0.05) is 19.3 Å². The average molecular weight is 641 g/mol. The summed E-state index contributed by atoms with van der Waals surface area (Å²) in [6.07, 6.45) is 8.59. The van der Waals surface area contributed by atoms with Crippen LogP contribution < -0.4 is 15.1 Å². The molecule has 2 aromatic rings. The van der Waals surface area contributed by atoms with Gasteiger partial charge in [0.2, 0.25) is 11.8 Å². The Morgan fingerprint density at radius 1 is 0.766 bits per heavy atom. The third kappa shape index (κ3) is 6.13. The molecule has 0 bridgehead atoms. The van der Waals surface area contributed by atoms with Crippen LogP contribution in [0.4, 0.5) is 11.4 Å². The molecule has 0 spiro atoms. The molecule has 1 unspecified atom stereocenters. The molecule has 248 valence electrons. The lowest BCUT2D eigenvalue weighted by Crippen LogP contribution is -2.54.